The minimum atomic E-state index is -0.673. The Morgan fingerprint density at radius 1 is 1.16 bits per heavy atom. The molecule has 1 amide bonds. The van der Waals surface area contributed by atoms with Gasteiger partial charge in [0.25, 0.3) is 5.91 Å². The first-order valence-corrected chi connectivity index (χ1v) is 13.1. The normalized spacial score (nSPS) is 19.2. The highest BCUT2D eigenvalue weighted by Gasteiger charge is 2.20. The molecule has 0 unspecified atom stereocenters. The topological polar surface area (TPSA) is 74.8 Å². The lowest BCUT2D eigenvalue weighted by molar-refractivity contribution is 0.0949. The number of aromatic nitrogens is 2. The molecular formula is C28H31F2N5O2. The molecule has 0 spiro atoms. The third kappa shape index (κ3) is 4.98. The van der Waals surface area contributed by atoms with Gasteiger partial charge in [-0.05, 0) is 81.1 Å². The van der Waals surface area contributed by atoms with Crippen LogP contribution in [0.4, 0.5) is 8.78 Å². The number of hydrogen-bond donors (Lipinski definition) is 2. The molecule has 2 aliphatic rings. The number of piperidine rings is 1. The molecule has 0 radical (unpaired) electrons. The van der Waals surface area contributed by atoms with Gasteiger partial charge in [0.15, 0.2) is 5.58 Å². The van der Waals surface area contributed by atoms with E-state index in [0.29, 0.717) is 47.6 Å². The number of hydrogen-bond acceptors (Lipinski definition) is 5. The van der Waals surface area contributed by atoms with Gasteiger partial charge in [0.05, 0.1) is 11.2 Å². The summed E-state index contributed by atoms with van der Waals surface area (Å²) in [5, 5.41) is 6.35. The van der Waals surface area contributed by atoms with Crippen molar-refractivity contribution in [2.45, 2.75) is 44.3 Å². The number of imidazole rings is 1. The molecule has 2 saturated heterocycles. The van der Waals surface area contributed by atoms with Gasteiger partial charge < -0.3 is 20.0 Å². The average molecular weight is 508 g/mol. The van der Waals surface area contributed by atoms with E-state index in [1.54, 1.807) is 34.9 Å². The van der Waals surface area contributed by atoms with E-state index in [1.807, 2.05) is 12.1 Å². The minimum Gasteiger partial charge on any atom is -0.423 e. The average Bonchev–Trinajstić information content (AvgIpc) is 3.64. The van der Waals surface area contributed by atoms with Crippen molar-refractivity contribution < 1.29 is 18.0 Å². The van der Waals surface area contributed by atoms with Gasteiger partial charge >= 0.3 is 5.84 Å². The van der Waals surface area contributed by atoms with Crippen LogP contribution in [0.5, 0.6) is 0 Å². The van der Waals surface area contributed by atoms with Crippen LogP contribution >= 0.6 is 0 Å². The third-order valence-electron chi connectivity index (χ3n) is 7.54. The van der Waals surface area contributed by atoms with Gasteiger partial charge in [0.2, 0.25) is 0 Å². The van der Waals surface area contributed by atoms with Crippen LogP contribution in [0.25, 0.3) is 28.2 Å². The van der Waals surface area contributed by atoms with Crippen molar-refractivity contribution >= 4 is 22.9 Å². The zero-order valence-electron chi connectivity index (χ0n) is 20.7. The van der Waals surface area contributed by atoms with E-state index < -0.39 is 6.17 Å². The summed E-state index contributed by atoms with van der Waals surface area (Å²) in [7, 11) is 0. The SMILES string of the molecule is O=C(NCCCN1CCC(F)CC1)c1ccc2c(c1)oc1nc(-c3ccc([C@@H]4CCCN4)cc3F)cn12. The van der Waals surface area contributed by atoms with Crippen LogP contribution in [-0.2, 0) is 0 Å². The van der Waals surface area contributed by atoms with E-state index in [-0.39, 0.29) is 17.8 Å². The predicted molar refractivity (Wildman–Crippen MR) is 138 cm³/mol. The van der Waals surface area contributed by atoms with Crippen LogP contribution in [0, 0.1) is 5.82 Å². The van der Waals surface area contributed by atoms with Crippen molar-refractivity contribution in [2.75, 3.05) is 32.7 Å². The zero-order valence-corrected chi connectivity index (χ0v) is 20.7. The first-order chi connectivity index (χ1) is 18.0. The fourth-order valence-electron chi connectivity index (χ4n) is 5.43. The molecule has 0 bridgehead atoms. The Morgan fingerprint density at radius 2 is 2.03 bits per heavy atom. The summed E-state index contributed by atoms with van der Waals surface area (Å²) in [6.45, 7) is 3.93. The highest BCUT2D eigenvalue weighted by Crippen LogP contribution is 2.30. The van der Waals surface area contributed by atoms with Gasteiger partial charge in [0, 0.05) is 43.0 Å². The molecule has 37 heavy (non-hydrogen) atoms. The maximum absolute atomic E-state index is 15.0. The summed E-state index contributed by atoms with van der Waals surface area (Å²) in [5.41, 5.74) is 3.69. The summed E-state index contributed by atoms with van der Waals surface area (Å²) in [5.74, 6) is -0.124. The van der Waals surface area contributed by atoms with Gasteiger partial charge in [0.1, 0.15) is 12.0 Å². The molecule has 9 heteroatoms. The maximum atomic E-state index is 15.0. The number of oxazole rings is 1. The lowest BCUT2D eigenvalue weighted by atomic mass is 10.0. The number of carbonyl (C=O) groups is 1. The van der Waals surface area contributed by atoms with Gasteiger partial charge in [-0.3, -0.25) is 9.20 Å². The molecule has 2 aromatic heterocycles. The number of alkyl halides is 1. The van der Waals surface area contributed by atoms with Gasteiger partial charge in [-0.2, -0.15) is 4.98 Å². The quantitative estimate of drug-likeness (QED) is 0.350. The Balaban J connectivity index is 1.12. The summed E-state index contributed by atoms with van der Waals surface area (Å²) < 4.78 is 35.9. The molecule has 1 atom stereocenters. The number of fused-ring (bicyclic) bond motifs is 3. The summed E-state index contributed by atoms with van der Waals surface area (Å²) >= 11 is 0. The first-order valence-electron chi connectivity index (χ1n) is 13.1. The number of likely N-dealkylation sites (tertiary alicyclic amines) is 1. The van der Waals surface area contributed by atoms with Crippen molar-refractivity contribution in [3.63, 3.8) is 0 Å². The Bertz CT molecular complexity index is 1420. The molecule has 2 fully saturated rings. The number of nitrogens with one attached hydrogen (secondary N) is 2. The standard InChI is InChI=1S/C28H31F2N5O2/c29-20-8-13-34(14-9-20)12-2-11-32-27(36)19-5-7-25-26(16-19)37-28-33-24(17-35(25)28)21-6-4-18(15-22(21)30)23-3-1-10-31-23/h4-7,15-17,20,23,31H,1-3,8-14H2,(H,32,36)/t23-/m0/s1. The van der Waals surface area contributed by atoms with E-state index in [0.717, 1.165) is 56.5 Å². The largest absolute Gasteiger partial charge is 0.423 e. The van der Waals surface area contributed by atoms with E-state index in [9.17, 15) is 13.6 Å². The second kappa shape index (κ2) is 10.2. The van der Waals surface area contributed by atoms with Crippen molar-refractivity contribution in [2.24, 2.45) is 0 Å². The summed E-state index contributed by atoms with van der Waals surface area (Å²) in [4.78, 5) is 19.4. The molecule has 4 aromatic rings. The molecule has 0 aliphatic carbocycles. The second-order valence-electron chi connectivity index (χ2n) is 10.1. The second-order valence-corrected chi connectivity index (χ2v) is 10.1. The molecule has 4 heterocycles. The van der Waals surface area contributed by atoms with E-state index in [1.165, 1.54) is 0 Å². The van der Waals surface area contributed by atoms with Crippen LogP contribution in [-0.4, -0.2) is 59.1 Å². The van der Waals surface area contributed by atoms with E-state index in [2.05, 4.69) is 20.5 Å². The van der Waals surface area contributed by atoms with Gasteiger partial charge in [-0.15, -0.1) is 0 Å². The molecule has 7 nitrogen and oxygen atoms in total. The molecular weight excluding hydrogens is 476 g/mol. The zero-order chi connectivity index (χ0) is 25.4. The molecule has 0 saturated carbocycles. The number of nitrogens with zero attached hydrogens (tertiary/aromatic N) is 3. The van der Waals surface area contributed by atoms with Crippen LogP contribution in [0.15, 0.2) is 47.0 Å². The predicted octanol–water partition coefficient (Wildman–Crippen LogP) is 4.86. The third-order valence-corrected chi connectivity index (χ3v) is 7.54. The molecule has 2 N–H and O–H groups in total. The fourth-order valence-corrected chi connectivity index (χ4v) is 5.43. The lowest BCUT2D eigenvalue weighted by Gasteiger charge is -2.28. The van der Waals surface area contributed by atoms with E-state index >= 15 is 0 Å². The first kappa shape index (κ1) is 24.1. The molecule has 2 aliphatic heterocycles. The van der Waals surface area contributed by atoms with E-state index in [4.69, 9.17) is 4.42 Å². The maximum Gasteiger partial charge on any atom is 0.307 e. The van der Waals surface area contributed by atoms with Crippen molar-refractivity contribution in [3.05, 3.63) is 59.5 Å². The molecule has 6 rings (SSSR count). The van der Waals surface area contributed by atoms with Crippen molar-refractivity contribution in [1.29, 1.82) is 0 Å². The smallest absolute Gasteiger partial charge is 0.307 e. The fraction of sp³-hybridized carbons (Fsp3) is 0.429. The summed E-state index contributed by atoms with van der Waals surface area (Å²) in [6.07, 6.45) is 5.22. The minimum absolute atomic E-state index is 0.169. The highest BCUT2D eigenvalue weighted by atomic mass is 19.1. The monoisotopic (exact) mass is 507 g/mol. The lowest BCUT2D eigenvalue weighted by Crippen LogP contribution is -2.36. The van der Waals surface area contributed by atoms with Crippen LogP contribution in [0.3, 0.4) is 0 Å². The Kier molecular flexibility index (Phi) is 6.65. The Hall–Kier alpha value is -3.30. The van der Waals surface area contributed by atoms with Crippen molar-refractivity contribution in [3.8, 4) is 11.3 Å². The van der Waals surface area contributed by atoms with Crippen LogP contribution in [0.2, 0.25) is 0 Å². The number of halogens is 2. The number of rotatable bonds is 7. The Morgan fingerprint density at radius 3 is 2.81 bits per heavy atom. The number of amides is 1. The van der Waals surface area contributed by atoms with Crippen LogP contribution < -0.4 is 10.6 Å². The summed E-state index contributed by atoms with van der Waals surface area (Å²) in [6, 6.07) is 10.8. The van der Waals surface area contributed by atoms with Crippen LogP contribution in [0.1, 0.15) is 54.1 Å². The number of benzene rings is 2. The molecule has 194 valence electrons. The number of carbonyl (C=O) groups excluding carboxylic acids is 1. The van der Waals surface area contributed by atoms with Crippen molar-refractivity contribution in [1.82, 2.24) is 24.9 Å². The van der Waals surface area contributed by atoms with Gasteiger partial charge in [-0.25, -0.2) is 8.78 Å². The van der Waals surface area contributed by atoms with Gasteiger partial charge in [-0.1, -0.05) is 6.07 Å². The Labute approximate surface area is 213 Å². The molecule has 2 aromatic carbocycles. The highest BCUT2D eigenvalue weighted by molar-refractivity contribution is 5.97.